The molecule has 0 aliphatic carbocycles. The molecule has 0 saturated heterocycles. The van der Waals surface area contributed by atoms with Crippen molar-refractivity contribution in [3.63, 3.8) is 0 Å². The van der Waals surface area contributed by atoms with Crippen LogP contribution in [0, 0.1) is 5.92 Å². The summed E-state index contributed by atoms with van der Waals surface area (Å²) in [6, 6.07) is 1.16. The molecule has 0 heterocycles. The molecule has 0 bridgehead atoms. The van der Waals surface area contributed by atoms with Crippen molar-refractivity contribution in [3.8, 4) is 0 Å². The molecule has 0 radical (unpaired) electrons. The minimum atomic E-state index is -0.623. The molecule has 0 saturated carbocycles. The fourth-order valence-corrected chi connectivity index (χ4v) is 2.11. The maximum atomic E-state index is 10.6. The highest BCUT2D eigenvalue weighted by atomic mass is 28.3. The number of hydrogen-bond acceptors (Lipinski definition) is 1. The van der Waals surface area contributed by atoms with E-state index in [-0.39, 0.29) is 5.92 Å². The van der Waals surface area contributed by atoms with Gasteiger partial charge in [-0.3, -0.25) is 4.79 Å². The summed E-state index contributed by atoms with van der Waals surface area (Å²) in [6.07, 6.45) is 1.66. The van der Waals surface area contributed by atoms with E-state index in [9.17, 15) is 4.79 Å². The van der Waals surface area contributed by atoms with Gasteiger partial charge in [-0.15, -0.1) is 0 Å². The lowest BCUT2D eigenvalue weighted by atomic mass is 10.0. The average Bonchev–Trinajstić information content (AvgIpc) is 1.87. The average molecular weight is 174 g/mol. The van der Waals surface area contributed by atoms with E-state index in [0.29, 0.717) is 0 Å². The van der Waals surface area contributed by atoms with Crippen molar-refractivity contribution >= 4 is 14.8 Å². The molecule has 0 spiro atoms. The first-order valence-corrected chi connectivity index (χ1v) is 7.43. The number of carboxylic acids is 1. The van der Waals surface area contributed by atoms with Crippen LogP contribution >= 0.6 is 0 Å². The number of rotatable bonds is 5. The van der Waals surface area contributed by atoms with Crippen molar-refractivity contribution in [3.05, 3.63) is 0 Å². The molecule has 1 atom stereocenters. The van der Waals surface area contributed by atoms with E-state index in [1.165, 1.54) is 0 Å². The second kappa shape index (κ2) is 5.35. The van der Waals surface area contributed by atoms with Crippen LogP contribution in [0.4, 0.5) is 0 Å². The zero-order chi connectivity index (χ0) is 8.85. The summed E-state index contributed by atoms with van der Waals surface area (Å²) in [4.78, 5) is 10.6. The van der Waals surface area contributed by atoms with Gasteiger partial charge in [0.1, 0.15) is 0 Å². The molecule has 3 heteroatoms. The van der Waals surface area contributed by atoms with E-state index in [0.717, 1.165) is 18.9 Å². The van der Waals surface area contributed by atoms with Crippen LogP contribution in [0.1, 0.15) is 19.8 Å². The second-order valence-corrected chi connectivity index (χ2v) is 6.78. The third-order valence-corrected chi connectivity index (χ3v) is 3.42. The molecule has 1 N–H and O–H groups in total. The monoisotopic (exact) mass is 174 g/mol. The molecule has 66 valence electrons. The zero-order valence-electron chi connectivity index (χ0n) is 7.63. The highest BCUT2D eigenvalue weighted by molar-refractivity contribution is 6.55. The molecule has 0 aliphatic heterocycles. The largest absolute Gasteiger partial charge is 0.481 e. The lowest BCUT2D eigenvalue weighted by Gasteiger charge is -2.09. The second-order valence-electron chi connectivity index (χ2n) is 3.41. The van der Waals surface area contributed by atoms with Crippen LogP contribution in [0.5, 0.6) is 0 Å². The Bertz CT molecular complexity index is 123. The summed E-state index contributed by atoms with van der Waals surface area (Å²) in [6.45, 7) is 6.46. The molecule has 0 fully saturated rings. The summed E-state index contributed by atoms with van der Waals surface area (Å²) >= 11 is 0. The lowest BCUT2D eigenvalue weighted by molar-refractivity contribution is -0.141. The third kappa shape index (κ3) is 5.01. The van der Waals surface area contributed by atoms with Crippen molar-refractivity contribution in [2.75, 3.05) is 0 Å². The van der Waals surface area contributed by atoms with Crippen molar-refractivity contribution in [2.24, 2.45) is 5.92 Å². The Morgan fingerprint density at radius 2 is 2.09 bits per heavy atom. The molecular weight excluding hydrogens is 156 g/mol. The summed E-state index contributed by atoms with van der Waals surface area (Å²) in [7, 11) is -0.545. The van der Waals surface area contributed by atoms with Gasteiger partial charge in [-0.2, -0.15) is 0 Å². The minimum absolute atomic E-state index is 0.0927. The van der Waals surface area contributed by atoms with E-state index in [1.807, 2.05) is 6.92 Å². The SMILES string of the molecule is CCC(CC[SiH](C)C)C(=O)O. The van der Waals surface area contributed by atoms with Gasteiger partial charge < -0.3 is 5.11 Å². The van der Waals surface area contributed by atoms with E-state index in [2.05, 4.69) is 13.1 Å². The topological polar surface area (TPSA) is 37.3 Å². The smallest absolute Gasteiger partial charge is 0.306 e. The Kier molecular flexibility index (Phi) is 5.20. The summed E-state index contributed by atoms with van der Waals surface area (Å²) in [5.41, 5.74) is 0. The fourth-order valence-electron chi connectivity index (χ4n) is 1.04. The standard InChI is InChI=1S/C8H18O2Si/c1-4-7(8(9)10)5-6-11(2)3/h7,11H,4-6H2,1-3H3,(H,9,10). The van der Waals surface area contributed by atoms with Crippen LogP contribution in [-0.4, -0.2) is 19.9 Å². The van der Waals surface area contributed by atoms with Gasteiger partial charge in [0.25, 0.3) is 0 Å². The molecule has 0 amide bonds. The van der Waals surface area contributed by atoms with Gasteiger partial charge in [-0.05, 0) is 12.8 Å². The first-order chi connectivity index (χ1) is 5.07. The van der Waals surface area contributed by atoms with Crippen molar-refractivity contribution in [1.29, 1.82) is 0 Å². The molecule has 0 aromatic rings. The minimum Gasteiger partial charge on any atom is -0.481 e. The van der Waals surface area contributed by atoms with Gasteiger partial charge in [-0.25, -0.2) is 0 Å². The van der Waals surface area contributed by atoms with Crippen LogP contribution in [0.3, 0.4) is 0 Å². The summed E-state index contributed by atoms with van der Waals surface area (Å²) < 4.78 is 0. The van der Waals surface area contributed by atoms with Crippen LogP contribution in [-0.2, 0) is 4.79 Å². The third-order valence-electron chi connectivity index (χ3n) is 1.93. The maximum absolute atomic E-state index is 10.6. The quantitative estimate of drug-likeness (QED) is 0.647. The lowest BCUT2D eigenvalue weighted by Crippen LogP contribution is -2.14. The molecule has 0 aromatic heterocycles. The Balaban J connectivity index is 3.61. The van der Waals surface area contributed by atoms with Gasteiger partial charge in [0.15, 0.2) is 0 Å². The number of hydrogen-bond donors (Lipinski definition) is 1. The number of aliphatic carboxylic acids is 1. The molecule has 0 rings (SSSR count). The Labute approximate surface area is 70.2 Å². The van der Waals surface area contributed by atoms with E-state index in [1.54, 1.807) is 0 Å². The Morgan fingerprint density at radius 1 is 1.55 bits per heavy atom. The molecule has 0 aliphatic rings. The van der Waals surface area contributed by atoms with E-state index >= 15 is 0 Å². The zero-order valence-corrected chi connectivity index (χ0v) is 8.79. The number of carboxylic acid groups (broad SMARTS) is 1. The van der Waals surface area contributed by atoms with Gasteiger partial charge >= 0.3 is 5.97 Å². The molecule has 1 unspecified atom stereocenters. The molecule has 2 nitrogen and oxygen atoms in total. The Morgan fingerprint density at radius 3 is 2.36 bits per heavy atom. The van der Waals surface area contributed by atoms with Crippen LogP contribution in [0.25, 0.3) is 0 Å². The molecular formula is C8H18O2Si. The van der Waals surface area contributed by atoms with Gasteiger partial charge in [0, 0.05) is 8.80 Å². The van der Waals surface area contributed by atoms with Gasteiger partial charge in [-0.1, -0.05) is 26.1 Å². The van der Waals surface area contributed by atoms with Gasteiger partial charge in [0.2, 0.25) is 0 Å². The normalized spacial score (nSPS) is 13.5. The van der Waals surface area contributed by atoms with E-state index in [4.69, 9.17) is 5.11 Å². The summed E-state index contributed by atoms with van der Waals surface area (Å²) in [5.74, 6) is -0.716. The molecule has 0 aromatic carbocycles. The van der Waals surface area contributed by atoms with Crippen LogP contribution in [0.2, 0.25) is 19.1 Å². The highest BCUT2D eigenvalue weighted by Crippen LogP contribution is 2.12. The van der Waals surface area contributed by atoms with Crippen LogP contribution in [0.15, 0.2) is 0 Å². The maximum Gasteiger partial charge on any atom is 0.306 e. The fraction of sp³-hybridized carbons (Fsp3) is 0.875. The van der Waals surface area contributed by atoms with Crippen molar-refractivity contribution in [2.45, 2.75) is 38.9 Å². The van der Waals surface area contributed by atoms with Crippen molar-refractivity contribution in [1.82, 2.24) is 0 Å². The summed E-state index contributed by atoms with van der Waals surface area (Å²) in [5, 5.41) is 8.70. The van der Waals surface area contributed by atoms with Gasteiger partial charge in [0.05, 0.1) is 5.92 Å². The highest BCUT2D eigenvalue weighted by Gasteiger charge is 2.14. The predicted octanol–water partition coefficient (Wildman–Crippen LogP) is 1.97. The van der Waals surface area contributed by atoms with E-state index < -0.39 is 14.8 Å². The van der Waals surface area contributed by atoms with Crippen molar-refractivity contribution < 1.29 is 9.90 Å². The van der Waals surface area contributed by atoms with Crippen LogP contribution < -0.4 is 0 Å². The first kappa shape index (κ1) is 10.7. The number of carbonyl (C=O) groups is 1. The predicted molar refractivity (Wildman–Crippen MR) is 49.7 cm³/mol. The Hall–Kier alpha value is -0.313. The molecule has 11 heavy (non-hydrogen) atoms. The first-order valence-electron chi connectivity index (χ1n) is 4.30.